The van der Waals surface area contributed by atoms with Gasteiger partial charge in [0.05, 0.1) is 19.8 Å². The predicted molar refractivity (Wildman–Crippen MR) is 228 cm³/mol. The van der Waals surface area contributed by atoms with E-state index in [0.717, 1.165) is 57.8 Å². The van der Waals surface area contributed by atoms with Crippen molar-refractivity contribution in [2.45, 2.75) is 174 Å². The van der Waals surface area contributed by atoms with Gasteiger partial charge >= 0.3 is 13.8 Å². The van der Waals surface area contributed by atoms with E-state index in [0.29, 0.717) is 13.0 Å². The summed E-state index contributed by atoms with van der Waals surface area (Å²) in [6.45, 7) is 4.70. The maximum Gasteiger partial charge on any atom is 0.472 e. The molecule has 0 aromatic rings. The van der Waals surface area contributed by atoms with E-state index in [1.807, 2.05) is 0 Å². The van der Waals surface area contributed by atoms with Crippen molar-refractivity contribution < 1.29 is 32.8 Å². The number of unbranched alkanes of at least 4 members (excludes halogenated alkanes) is 15. The highest BCUT2D eigenvalue weighted by molar-refractivity contribution is 7.47. The molecule has 2 unspecified atom stereocenters. The molecule has 0 aliphatic carbocycles. The van der Waals surface area contributed by atoms with Crippen molar-refractivity contribution in [1.82, 2.24) is 0 Å². The number of phosphoric ester groups is 1. The van der Waals surface area contributed by atoms with Crippen molar-refractivity contribution in [1.29, 1.82) is 0 Å². The van der Waals surface area contributed by atoms with E-state index in [2.05, 4.69) is 86.8 Å². The Morgan fingerprint density at radius 3 is 1.56 bits per heavy atom. The zero-order chi connectivity index (χ0) is 39.5. The van der Waals surface area contributed by atoms with Crippen LogP contribution in [-0.4, -0.2) is 49.9 Å². The average molecular weight is 778 g/mol. The lowest BCUT2D eigenvalue weighted by Gasteiger charge is -2.20. The zero-order valence-electron chi connectivity index (χ0n) is 34.4. The van der Waals surface area contributed by atoms with Gasteiger partial charge < -0.3 is 20.1 Å². The number of carbonyl (C=O) groups is 1. The van der Waals surface area contributed by atoms with Crippen molar-refractivity contribution in [3.8, 4) is 0 Å². The molecule has 2 atom stereocenters. The molecule has 8 nitrogen and oxygen atoms in total. The van der Waals surface area contributed by atoms with E-state index in [1.54, 1.807) is 0 Å². The van der Waals surface area contributed by atoms with Crippen LogP contribution in [0.15, 0.2) is 72.9 Å². The first kappa shape index (κ1) is 51.9. The van der Waals surface area contributed by atoms with Crippen LogP contribution in [0.4, 0.5) is 0 Å². The quantitative estimate of drug-likeness (QED) is 0.0273. The Kier molecular flexibility index (Phi) is 40.5. The number of hydrogen-bond acceptors (Lipinski definition) is 7. The first-order valence-electron chi connectivity index (χ1n) is 21.4. The second-order valence-corrected chi connectivity index (χ2v) is 15.3. The molecule has 9 heteroatoms. The fraction of sp³-hybridized carbons (Fsp3) is 0.711. The van der Waals surface area contributed by atoms with Gasteiger partial charge in [-0.2, -0.15) is 0 Å². The standard InChI is InChI=1S/C45H80NO7P/c1-3-5-7-9-11-13-15-17-19-20-21-22-23-25-27-29-31-33-35-37-40-50-42-44(43-52-54(48,49)51-41-39-46)53-45(47)38-36-34-32-30-28-26-24-18-16-14-12-10-8-6-4-2/h6,8,11-14,17-19,24,28,30,44H,3-5,7,9-10,15-16,20-23,25-27,29,31-43,46H2,1-2H3,(H,48,49)/b8-6-,13-11-,14-12-,19-17-,24-18-,30-28-. The molecule has 0 aliphatic heterocycles. The molecule has 0 amide bonds. The Balaban J connectivity index is 4.09. The first-order valence-corrected chi connectivity index (χ1v) is 22.9. The lowest BCUT2D eigenvalue weighted by atomic mass is 10.1. The highest BCUT2D eigenvalue weighted by Gasteiger charge is 2.25. The number of hydrogen-bond donors (Lipinski definition) is 2. The fourth-order valence-corrected chi connectivity index (χ4v) is 6.25. The third-order valence-electron chi connectivity index (χ3n) is 8.61. The number of ether oxygens (including phenoxy) is 2. The highest BCUT2D eigenvalue weighted by Crippen LogP contribution is 2.43. The van der Waals surface area contributed by atoms with E-state index in [4.69, 9.17) is 24.3 Å². The molecule has 0 saturated carbocycles. The van der Waals surface area contributed by atoms with Crippen LogP contribution in [0.25, 0.3) is 0 Å². The van der Waals surface area contributed by atoms with Crippen LogP contribution in [0.1, 0.15) is 168 Å². The average Bonchev–Trinajstić information content (AvgIpc) is 3.16. The number of rotatable bonds is 40. The maximum atomic E-state index is 12.6. The maximum absolute atomic E-state index is 12.6. The largest absolute Gasteiger partial charge is 0.472 e. The van der Waals surface area contributed by atoms with Crippen LogP contribution in [0.2, 0.25) is 0 Å². The Morgan fingerprint density at radius 2 is 1.04 bits per heavy atom. The SMILES string of the molecule is CC/C=C\C/C=C\C/C=C\C/C=C\CCCCC(=O)OC(COCCCCCCCCCCCC/C=C\C/C=C\CCCCC)COP(=O)(O)OCCN. The summed E-state index contributed by atoms with van der Waals surface area (Å²) in [4.78, 5) is 22.4. The van der Waals surface area contributed by atoms with E-state index in [1.165, 1.54) is 83.5 Å². The van der Waals surface area contributed by atoms with Gasteiger partial charge in [-0.15, -0.1) is 0 Å². The molecule has 3 N–H and O–H groups in total. The summed E-state index contributed by atoms with van der Waals surface area (Å²) in [6.07, 6.45) is 52.1. The summed E-state index contributed by atoms with van der Waals surface area (Å²) >= 11 is 0. The van der Waals surface area contributed by atoms with Crippen LogP contribution >= 0.6 is 7.82 Å². The van der Waals surface area contributed by atoms with Crippen LogP contribution in [0.5, 0.6) is 0 Å². The fourth-order valence-electron chi connectivity index (χ4n) is 5.49. The molecule has 0 aromatic heterocycles. The van der Waals surface area contributed by atoms with Crippen molar-refractivity contribution in [2.24, 2.45) is 5.73 Å². The Hall–Kier alpha value is -2.06. The molecule has 0 aliphatic rings. The zero-order valence-corrected chi connectivity index (χ0v) is 35.3. The van der Waals surface area contributed by atoms with Gasteiger partial charge in [-0.25, -0.2) is 4.57 Å². The molecule has 0 fully saturated rings. The van der Waals surface area contributed by atoms with Crippen molar-refractivity contribution in [2.75, 3.05) is 33.0 Å². The normalized spacial score (nSPS) is 14.2. The van der Waals surface area contributed by atoms with Crippen LogP contribution < -0.4 is 5.73 Å². The summed E-state index contributed by atoms with van der Waals surface area (Å²) in [6, 6.07) is 0. The van der Waals surface area contributed by atoms with Crippen molar-refractivity contribution >= 4 is 13.8 Å². The third-order valence-corrected chi connectivity index (χ3v) is 9.59. The number of esters is 1. The lowest BCUT2D eigenvalue weighted by Crippen LogP contribution is -2.28. The number of nitrogens with two attached hydrogens (primary N) is 1. The summed E-state index contributed by atoms with van der Waals surface area (Å²) in [5.41, 5.74) is 5.36. The van der Waals surface area contributed by atoms with Crippen LogP contribution in [-0.2, 0) is 27.9 Å². The second kappa shape index (κ2) is 42.1. The van der Waals surface area contributed by atoms with E-state index >= 15 is 0 Å². The summed E-state index contributed by atoms with van der Waals surface area (Å²) < 4.78 is 33.4. The van der Waals surface area contributed by atoms with E-state index < -0.39 is 13.9 Å². The van der Waals surface area contributed by atoms with Gasteiger partial charge in [-0.3, -0.25) is 13.8 Å². The van der Waals surface area contributed by atoms with E-state index in [9.17, 15) is 14.3 Å². The molecule has 0 radical (unpaired) electrons. The minimum atomic E-state index is -4.29. The first-order chi connectivity index (χ1) is 26.4. The van der Waals surface area contributed by atoms with Gasteiger partial charge in [-0.1, -0.05) is 151 Å². The molecule has 0 aromatic carbocycles. The molecule has 0 rings (SSSR count). The molecular formula is C45H80NO7P. The molecule has 54 heavy (non-hydrogen) atoms. The lowest BCUT2D eigenvalue weighted by molar-refractivity contribution is -0.154. The molecule has 0 bridgehead atoms. The Morgan fingerprint density at radius 1 is 0.574 bits per heavy atom. The van der Waals surface area contributed by atoms with Crippen LogP contribution in [0, 0.1) is 0 Å². The molecule has 0 saturated heterocycles. The summed E-state index contributed by atoms with van der Waals surface area (Å²) in [5, 5.41) is 0. The van der Waals surface area contributed by atoms with Gasteiger partial charge in [-0.05, 0) is 83.5 Å². The van der Waals surface area contributed by atoms with Gasteiger partial charge in [0.2, 0.25) is 0 Å². The molecular weight excluding hydrogens is 697 g/mol. The predicted octanol–water partition coefficient (Wildman–Crippen LogP) is 12.7. The van der Waals surface area contributed by atoms with Crippen molar-refractivity contribution in [3.63, 3.8) is 0 Å². The molecule has 312 valence electrons. The number of phosphoric acid groups is 1. The van der Waals surface area contributed by atoms with E-state index in [-0.39, 0.29) is 38.8 Å². The smallest absolute Gasteiger partial charge is 0.457 e. The minimum absolute atomic E-state index is 0.0896. The summed E-state index contributed by atoms with van der Waals surface area (Å²) in [5.74, 6) is -0.374. The number of allylic oxidation sites excluding steroid dienone is 12. The van der Waals surface area contributed by atoms with Gasteiger partial charge in [0.1, 0.15) is 6.10 Å². The van der Waals surface area contributed by atoms with Gasteiger partial charge in [0.15, 0.2) is 0 Å². The van der Waals surface area contributed by atoms with Crippen LogP contribution in [0.3, 0.4) is 0 Å². The Labute approximate surface area is 331 Å². The van der Waals surface area contributed by atoms with Crippen molar-refractivity contribution in [3.05, 3.63) is 72.9 Å². The second-order valence-electron chi connectivity index (χ2n) is 13.8. The van der Waals surface area contributed by atoms with Gasteiger partial charge in [0.25, 0.3) is 0 Å². The third kappa shape index (κ3) is 41.1. The Bertz CT molecular complexity index is 1050. The minimum Gasteiger partial charge on any atom is -0.457 e. The van der Waals surface area contributed by atoms with Gasteiger partial charge in [0, 0.05) is 19.6 Å². The number of carbonyl (C=O) groups excluding carboxylic acids is 1. The highest BCUT2D eigenvalue weighted by atomic mass is 31.2. The molecule has 0 heterocycles. The summed E-state index contributed by atoms with van der Waals surface area (Å²) in [7, 11) is -4.29. The topological polar surface area (TPSA) is 117 Å². The molecule has 0 spiro atoms. The monoisotopic (exact) mass is 778 g/mol.